The number of amides is 1. The molecule has 2 aromatic heterocycles. The van der Waals surface area contributed by atoms with Gasteiger partial charge in [0.25, 0.3) is 0 Å². The molecular weight excluding hydrogens is 376 g/mol. The van der Waals surface area contributed by atoms with Gasteiger partial charge in [-0.05, 0) is 30.5 Å². The van der Waals surface area contributed by atoms with Gasteiger partial charge in [0.1, 0.15) is 5.65 Å². The zero-order valence-corrected chi connectivity index (χ0v) is 17.2. The molecule has 30 heavy (non-hydrogen) atoms. The van der Waals surface area contributed by atoms with Crippen molar-refractivity contribution in [2.45, 2.75) is 26.2 Å². The highest BCUT2D eigenvalue weighted by Crippen LogP contribution is 2.33. The van der Waals surface area contributed by atoms with E-state index in [-0.39, 0.29) is 11.7 Å². The van der Waals surface area contributed by atoms with Crippen LogP contribution in [0.4, 0.5) is 5.69 Å². The van der Waals surface area contributed by atoms with Crippen molar-refractivity contribution in [3.63, 3.8) is 0 Å². The number of rotatable bonds is 5. The van der Waals surface area contributed by atoms with Crippen molar-refractivity contribution in [2.24, 2.45) is 5.92 Å². The molecule has 1 aromatic carbocycles. The molecule has 1 saturated carbocycles. The zero-order chi connectivity index (χ0) is 20.7. The molecule has 0 bridgehead atoms. The van der Waals surface area contributed by atoms with Crippen molar-refractivity contribution < 1.29 is 9.59 Å². The molecule has 2 aliphatic rings. The third kappa shape index (κ3) is 3.47. The number of nitrogens with one attached hydrogen (secondary N) is 1. The minimum Gasteiger partial charge on any atom is -0.367 e. The summed E-state index contributed by atoms with van der Waals surface area (Å²) in [6.07, 6.45) is 4.47. The molecule has 0 unspecified atom stereocenters. The van der Waals surface area contributed by atoms with Crippen molar-refractivity contribution in [1.29, 1.82) is 0 Å². The quantitative estimate of drug-likeness (QED) is 0.658. The second-order valence-corrected chi connectivity index (χ2v) is 8.22. The molecule has 1 aliphatic carbocycles. The van der Waals surface area contributed by atoms with E-state index in [4.69, 9.17) is 0 Å². The molecule has 0 spiro atoms. The van der Waals surface area contributed by atoms with Gasteiger partial charge >= 0.3 is 0 Å². The van der Waals surface area contributed by atoms with Crippen molar-refractivity contribution in [2.75, 3.05) is 31.1 Å². The Kier molecular flexibility index (Phi) is 4.77. The fourth-order valence-corrected chi connectivity index (χ4v) is 4.24. The smallest absolute Gasteiger partial charge is 0.225 e. The average Bonchev–Trinajstić information content (AvgIpc) is 3.56. The van der Waals surface area contributed by atoms with E-state index in [1.165, 1.54) is 0 Å². The summed E-state index contributed by atoms with van der Waals surface area (Å²) in [6.45, 7) is 5.12. The van der Waals surface area contributed by atoms with Crippen LogP contribution in [0.1, 0.15) is 36.5 Å². The van der Waals surface area contributed by atoms with E-state index in [1.54, 1.807) is 0 Å². The highest BCUT2D eigenvalue weighted by Gasteiger charge is 2.34. The predicted molar refractivity (Wildman–Crippen MR) is 118 cm³/mol. The topological polar surface area (TPSA) is 69.3 Å². The number of Topliss-reactive ketones (excluding diaryl/α,β-unsaturated/α-hetero) is 1. The Labute approximate surface area is 175 Å². The molecule has 1 amide bonds. The van der Waals surface area contributed by atoms with Gasteiger partial charge in [-0.2, -0.15) is 0 Å². The van der Waals surface area contributed by atoms with E-state index < -0.39 is 0 Å². The number of carbonyl (C=O) groups excluding carboxylic acids is 2. The predicted octanol–water partition coefficient (Wildman–Crippen LogP) is 3.88. The van der Waals surface area contributed by atoms with Gasteiger partial charge in [-0.1, -0.05) is 31.2 Å². The first-order valence-corrected chi connectivity index (χ1v) is 10.8. The minimum atomic E-state index is 0.154. The van der Waals surface area contributed by atoms with Crippen LogP contribution in [0, 0.1) is 5.92 Å². The van der Waals surface area contributed by atoms with Crippen LogP contribution in [0.25, 0.3) is 22.3 Å². The first-order valence-electron chi connectivity index (χ1n) is 10.8. The number of ketones is 1. The SMILES string of the molecule is CCC(=O)c1ccc(-c2cc3c(N4CCN(C(=O)C5CC5)CC4)ccnc3[nH]2)cc1. The molecule has 6 nitrogen and oxygen atoms in total. The Morgan fingerprint density at radius 1 is 1.07 bits per heavy atom. The monoisotopic (exact) mass is 402 g/mol. The number of fused-ring (bicyclic) bond motifs is 1. The average molecular weight is 402 g/mol. The van der Waals surface area contributed by atoms with Crippen LogP contribution in [0.15, 0.2) is 42.6 Å². The third-order valence-corrected chi connectivity index (χ3v) is 6.21. The van der Waals surface area contributed by atoms with Gasteiger partial charge in [-0.25, -0.2) is 4.98 Å². The highest BCUT2D eigenvalue weighted by molar-refractivity contribution is 5.97. The van der Waals surface area contributed by atoms with Crippen molar-refractivity contribution in [3.05, 3.63) is 48.2 Å². The molecular formula is C24H26N4O2. The normalized spacial score (nSPS) is 16.8. The van der Waals surface area contributed by atoms with Crippen LogP contribution in [0.5, 0.6) is 0 Å². The van der Waals surface area contributed by atoms with Crippen LogP contribution in [-0.4, -0.2) is 52.7 Å². The Morgan fingerprint density at radius 2 is 1.80 bits per heavy atom. The first kappa shape index (κ1) is 18.9. The number of aromatic amines is 1. The summed E-state index contributed by atoms with van der Waals surface area (Å²) in [5, 5.41) is 1.09. The first-order chi connectivity index (χ1) is 14.6. The number of aromatic nitrogens is 2. The number of H-pyrrole nitrogens is 1. The number of benzene rings is 1. The van der Waals surface area contributed by atoms with Crippen molar-refractivity contribution in [1.82, 2.24) is 14.9 Å². The summed E-state index contributed by atoms with van der Waals surface area (Å²) >= 11 is 0. The molecule has 2 fully saturated rings. The number of pyridine rings is 1. The largest absolute Gasteiger partial charge is 0.367 e. The van der Waals surface area contributed by atoms with E-state index in [2.05, 4.69) is 27.0 Å². The summed E-state index contributed by atoms with van der Waals surface area (Å²) in [5.74, 6) is 0.778. The fourth-order valence-electron chi connectivity index (χ4n) is 4.24. The van der Waals surface area contributed by atoms with Gasteiger partial charge in [-0.3, -0.25) is 9.59 Å². The summed E-state index contributed by atoms with van der Waals surface area (Å²) in [5.41, 5.74) is 4.77. The Bertz CT molecular complexity index is 1090. The van der Waals surface area contributed by atoms with E-state index >= 15 is 0 Å². The van der Waals surface area contributed by atoms with Crippen LogP contribution in [-0.2, 0) is 4.79 Å². The highest BCUT2D eigenvalue weighted by atomic mass is 16.2. The lowest BCUT2D eigenvalue weighted by Crippen LogP contribution is -2.49. The summed E-state index contributed by atoms with van der Waals surface area (Å²) in [7, 11) is 0. The van der Waals surface area contributed by atoms with Gasteiger partial charge in [0.05, 0.1) is 0 Å². The van der Waals surface area contributed by atoms with Crippen LogP contribution >= 0.6 is 0 Å². The summed E-state index contributed by atoms with van der Waals surface area (Å²) in [6, 6.07) is 11.9. The number of hydrogen-bond donors (Lipinski definition) is 1. The maximum absolute atomic E-state index is 12.3. The third-order valence-electron chi connectivity index (χ3n) is 6.21. The molecule has 5 rings (SSSR count). The Morgan fingerprint density at radius 3 is 2.47 bits per heavy atom. The molecule has 3 aromatic rings. The maximum Gasteiger partial charge on any atom is 0.225 e. The lowest BCUT2D eigenvalue weighted by Gasteiger charge is -2.36. The standard InChI is InChI=1S/C24H26N4O2/c1-2-22(29)17-5-3-16(4-6-17)20-15-19-21(9-10-25-23(19)26-20)27-11-13-28(14-12-27)24(30)18-7-8-18/h3-6,9-10,15,18H,2,7-8,11-14H2,1H3,(H,25,26). The number of piperazine rings is 1. The number of nitrogens with zero attached hydrogens (tertiary/aromatic N) is 3. The van der Waals surface area contributed by atoms with Gasteiger partial charge in [0.15, 0.2) is 5.78 Å². The van der Waals surface area contributed by atoms with E-state index in [9.17, 15) is 9.59 Å². The van der Waals surface area contributed by atoms with Gasteiger partial charge < -0.3 is 14.8 Å². The van der Waals surface area contributed by atoms with Gasteiger partial charge in [-0.15, -0.1) is 0 Å². The van der Waals surface area contributed by atoms with E-state index in [1.807, 2.05) is 42.3 Å². The number of anilines is 1. The number of carbonyl (C=O) groups is 2. The molecule has 154 valence electrons. The molecule has 6 heteroatoms. The Hall–Kier alpha value is -3.15. The number of hydrogen-bond acceptors (Lipinski definition) is 4. The van der Waals surface area contributed by atoms with Gasteiger partial charge in [0, 0.05) is 67.0 Å². The molecule has 1 saturated heterocycles. The van der Waals surface area contributed by atoms with E-state index in [0.29, 0.717) is 12.3 Å². The van der Waals surface area contributed by atoms with Gasteiger partial charge in [0.2, 0.25) is 5.91 Å². The van der Waals surface area contributed by atoms with Crippen LogP contribution < -0.4 is 4.90 Å². The maximum atomic E-state index is 12.3. The van der Waals surface area contributed by atoms with Crippen molar-refractivity contribution in [3.8, 4) is 11.3 Å². The Balaban J connectivity index is 1.38. The molecule has 3 heterocycles. The molecule has 1 N–H and O–H groups in total. The lowest BCUT2D eigenvalue weighted by atomic mass is 10.0. The van der Waals surface area contributed by atoms with Crippen LogP contribution in [0.2, 0.25) is 0 Å². The second-order valence-electron chi connectivity index (χ2n) is 8.22. The molecule has 1 aliphatic heterocycles. The molecule has 0 radical (unpaired) electrons. The molecule has 0 atom stereocenters. The second kappa shape index (κ2) is 7.59. The summed E-state index contributed by atoms with van der Waals surface area (Å²) < 4.78 is 0. The van der Waals surface area contributed by atoms with E-state index in [0.717, 1.165) is 72.6 Å². The van der Waals surface area contributed by atoms with Crippen LogP contribution in [0.3, 0.4) is 0 Å². The van der Waals surface area contributed by atoms with Crippen molar-refractivity contribution >= 4 is 28.4 Å². The fraction of sp³-hybridized carbons (Fsp3) is 0.375. The summed E-state index contributed by atoms with van der Waals surface area (Å²) in [4.78, 5) is 36.5. The zero-order valence-electron chi connectivity index (χ0n) is 17.2. The minimum absolute atomic E-state index is 0.154. The lowest BCUT2D eigenvalue weighted by molar-refractivity contribution is -0.132.